The van der Waals surface area contributed by atoms with E-state index in [9.17, 15) is 4.79 Å². The van der Waals surface area contributed by atoms with E-state index in [-0.39, 0.29) is 12.5 Å². The number of hydrogen-bond acceptors (Lipinski definition) is 5. The molecule has 0 spiro atoms. The fourth-order valence-corrected chi connectivity index (χ4v) is 0.769. The molecule has 6 nitrogen and oxygen atoms in total. The van der Waals surface area contributed by atoms with Gasteiger partial charge in [0.25, 0.3) is 0 Å². The molecular formula is C7H16N2O4. The van der Waals surface area contributed by atoms with Crippen molar-refractivity contribution in [3.8, 4) is 0 Å². The van der Waals surface area contributed by atoms with Crippen LogP contribution in [0.2, 0.25) is 0 Å². The third-order valence-corrected chi connectivity index (χ3v) is 1.65. The molecule has 0 aliphatic carbocycles. The minimum Gasteiger partial charge on any atom is -0.394 e. The highest BCUT2D eigenvalue weighted by Crippen LogP contribution is 2.00. The Hall–Kier alpha value is -0.690. The molecule has 0 unspecified atom stereocenters. The molecule has 78 valence electrons. The summed E-state index contributed by atoms with van der Waals surface area (Å²) in [7, 11) is 1.60. The summed E-state index contributed by atoms with van der Waals surface area (Å²) in [5, 5.41) is 31.4. The molecule has 0 fully saturated rings. The lowest BCUT2D eigenvalue weighted by Crippen LogP contribution is -2.58. The molecule has 0 atom stereocenters. The van der Waals surface area contributed by atoms with Gasteiger partial charge >= 0.3 is 0 Å². The van der Waals surface area contributed by atoms with Crippen LogP contribution in [-0.2, 0) is 4.79 Å². The summed E-state index contributed by atoms with van der Waals surface area (Å²) in [4.78, 5) is 11.0. The molecule has 0 aromatic heterocycles. The Morgan fingerprint density at radius 3 is 2.00 bits per heavy atom. The van der Waals surface area contributed by atoms with Gasteiger partial charge in [-0.3, -0.25) is 4.79 Å². The van der Waals surface area contributed by atoms with E-state index in [1.54, 1.807) is 7.05 Å². The number of likely N-dealkylation sites (N-methyl/N-ethyl adjacent to an activating group) is 1. The maximum absolute atomic E-state index is 11.0. The van der Waals surface area contributed by atoms with Gasteiger partial charge < -0.3 is 26.0 Å². The Morgan fingerprint density at radius 1 is 1.23 bits per heavy atom. The smallest absolute Gasteiger partial charge is 0.234 e. The lowest BCUT2D eigenvalue weighted by atomic mass is 10.0. The van der Waals surface area contributed by atoms with Crippen LogP contribution in [0.25, 0.3) is 0 Å². The SMILES string of the molecule is CNCC(=O)NC(CO)(CO)CO. The number of amides is 1. The summed E-state index contributed by atoms with van der Waals surface area (Å²) in [5.74, 6) is -0.389. The van der Waals surface area contributed by atoms with Gasteiger partial charge in [0.05, 0.1) is 26.4 Å². The second-order valence-corrected chi connectivity index (χ2v) is 2.83. The zero-order valence-corrected chi connectivity index (χ0v) is 7.58. The second-order valence-electron chi connectivity index (χ2n) is 2.83. The van der Waals surface area contributed by atoms with Crippen molar-refractivity contribution < 1.29 is 20.1 Å². The maximum Gasteiger partial charge on any atom is 0.234 e. The predicted octanol–water partition coefficient (Wildman–Crippen LogP) is -2.96. The zero-order valence-electron chi connectivity index (χ0n) is 7.58. The van der Waals surface area contributed by atoms with E-state index < -0.39 is 25.4 Å². The van der Waals surface area contributed by atoms with E-state index in [1.165, 1.54) is 0 Å². The first-order valence-corrected chi connectivity index (χ1v) is 3.92. The van der Waals surface area contributed by atoms with Gasteiger partial charge in [-0.2, -0.15) is 0 Å². The zero-order chi connectivity index (χ0) is 10.3. The van der Waals surface area contributed by atoms with Crippen LogP contribution in [0.1, 0.15) is 0 Å². The van der Waals surface area contributed by atoms with E-state index in [0.717, 1.165) is 0 Å². The fourth-order valence-electron chi connectivity index (χ4n) is 0.769. The van der Waals surface area contributed by atoms with Gasteiger partial charge in [0.1, 0.15) is 5.54 Å². The number of carbonyl (C=O) groups excluding carboxylic acids is 1. The Bertz CT molecular complexity index is 150. The van der Waals surface area contributed by atoms with Crippen LogP contribution < -0.4 is 10.6 Å². The highest BCUT2D eigenvalue weighted by molar-refractivity contribution is 5.78. The number of rotatable bonds is 6. The summed E-state index contributed by atoms with van der Waals surface area (Å²) in [5.41, 5.74) is -1.33. The Kier molecular flexibility index (Phi) is 5.56. The van der Waals surface area contributed by atoms with Crippen LogP contribution in [0.15, 0.2) is 0 Å². The average Bonchev–Trinajstić information content (AvgIpc) is 2.15. The van der Waals surface area contributed by atoms with Gasteiger partial charge in [-0.15, -0.1) is 0 Å². The number of aliphatic hydroxyl groups is 3. The van der Waals surface area contributed by atoms with Crippen LogP contribution in [0.5, 0.6) is 0 Å². The first-order chi connectivity index (χ1) is 6.14. The Balaban J connectivity index is 4.16. The minimum atomic E-state index is -1.33. The molecule has 0 heterocycles. The van der Waals surface area contributed by atoms with Gasteiger partial charge in [0.2, 0.25) is 5.91 Å². The summed E-state index contributed by atoms with van der Waals surface area (Å²) in [6.07, 6.45) is 0. The van der Waals surface area contributed by atoms with Crippen molar-refractivity contribution in [2.24, 2.45) is 0 Å². The van der Waals surface area contributed by atoms with Crippen LogP contribution in [0.3, 0.4) is 0 Å². The summed E-state index contributed by atoms with van der Waals surface area (Å²) in [6.45, 7) is -1.44. The number of hydrogen-bond donors (Lipinski definition) is 5. The van der Waals surface area contributed by atoms with Gasteiger partial charge in [-0.1, -0.05) is 0 Å². The standard InChI is InChI=1S/C7H16N2O4/c1-8-2-6(13)9-7(3-10,4-11)5-12/h8,10-12H,2-5H2,1H3,(H,9,13). The second kappa shape index (κ2) is 5.87. The number of carbonyl (C=O) groups is 1. The van der Waals surface area contributed by atoms with E-state index in [2.05, 4.69) is 10.6 Å². The molecule has 0 radical (unpaired) electrons. The van der Waals surface area contributed by atoms with Crippen molar-refractivity contribution in [2.75, 3.05) is 33.4 Å². The summed E-state index contributed by atoms with van der Waals surface area (Å²) >= 11 is 0. The summed E-state index contributed by atoms with van der Waals surface area (Å²) in [6, 6.07) is 0. The van der Waals surface area contributed by atoms with Crippen molar-refractivity contribution in [3.63, 3.8) is 0 Å². The Morgan fingerprint density at radius 2 is 1.69 bits per heavy atom. The molecule has 0 saturated carbocycles. The van der Waals surface area contributed by atoms with Crippen LogP contribution in [0, 0.1) is 0 Å². The third kappa shape index (κ3) is 3.69. The predicted molar refractivity (Wildman–Crippen MR) is 46.1 cm³/mol. The molecule has 0 aromatic carbocycles. The lowest BCUT2D eigenvalue weighted by Gasteiger charge is -2.28. The molecule has 1 amide bonds. The maximum atomic E-state index is 11.0. The van der Waals surface area contributed by atoms with Crippen molar-refractivity contribution in [3.05, 3.63) is 0 Å². The lowest BCUT2D eigenvalue weighted by molar-refractivity contribution is -0.124. The van der Waals surface area contributed by atoms with Gasteiger partial charge in [0, 0.05) is 0 Å². The quantitative estimate of drug-likeness (QED) is 0.309. The topological polar surface area (TPSA) is 102 Å². The largest absolute Gasteiger partial charge is 0.394 e. The third-order valence-electron chi connectivity index (χ3n) is 1.65. The molecule has 6 heteroatoms. The van der Waals surface area contributed by atoms with E-state index in [0.29, 0.717) is 0 Å². The molecule has 5 N–H and O–H groups in total. The highest BCUT2D eigenvalue weighted by atomic mass is 16.3. The monoisotopic (exact) mass is 192 g/mol. The first-order valence-electron chi connectivity index (χ1n) is 3.92. The molecule has 0 rings (SSSR count). The fraction of sp³-hybridized carbons (Fsp3) is 0.857. The van der Waals surface area contributed by atoms with Crippen LogP contribution in [0.4, 0.5) is 0 Å². The van der Waals surface area contributed by atoms with Gasteiger partial charge in [-0.25, -0.2) is 0 Å². The van der Waals surface area contributed by atoms with Crippen molar-refractivity contribution >= 4 is 5.91 Å². The minimum absolute atomic E-state index is 0.0712. The van der Waals surface area contributed by atoms with Gasteiger partial charge in [0.15, 0.2) is 0 Å². The number of aliphatic hydroxyl groups excluding tert-OH is 3. The van der Waals surface area contributed by atoms with Crippen LogP contribution >= 0.6 is 0 Å². The van der Waals surface area contributed by atoms with Crippen molar-refractivity contribution in [1.29, 1.82) is 0 Å². The Labute approximate surface area is 76.6 Å². The molecule has 0 bridgehead atoms. The normalized spacial score (nSPS) is 11.4. The summed E-state index contributed by atoms with van der Waals surface area (Å²) < 4.78 is 0. The van der Waals surface area contributed by atoms with Crippen molar-refractivity contribution in [1.82, 2.24) is 10.6 Å². The van der Waals surface area contributed by atoms with Gasteiger partial charge in [-0.05, 0) is 7.05 Å². The molecule has 0 saturated heterocycles. The van der Waals surface area contributed by atoms with Crippen molar-refractivity contribution in [2.45, 2.75) is 5.54 Å². The molecular weight excluding hydrogens is 176 g/mol. The van der Waals surface area contributed by atoms with Crippen LogP contribution in [-0.4, -0.2) is 60.2 Å². The van der Waals surface area contributed by atoms with E-state index in [1.807, 2.05) is 0 Å². The molecule has 0 aliphatic heterocycles. The molecule has 13 heavy (non-hydrogen) atoms. The average molecular weight is 192 g/mol. The number of nitrogens with one attached hydrogen (secondary N) is 2. The van der Waals surface area contributed by atoms with E-state index in [4.69, 9.17) is 15.3 Å². The molecule has 0 aliphatic rings. The first kappa shape index (κ1) is 12.3. The van der Waals surface area contributed by atoms with E-state index >= 15 is 0 Å². The highest BCUT2D eigenvalue weighted by Gasteiger charge is 2.29. The molecule has 0 aromatic rings.